The van der Waals surface area contributed by atoms with E-state index in [9.17, 15) is 9.65 Å². The zero-order chi connectivity index (χ0) is 20.2. The Hall–Kier alpha value is -3.18. The number of ether oxygens (including phenoxy) is 1. The van der Waals surface area contributed by atoms with Gasteiger partial charge in [-0.15, -0.1) is 0 Å². The molecular formula is C23H15FIN3O. The van der Waals surface area contributed by atoms with Crippen molar-refractivity contribution in [1.82, 2.24) is 9.97 Å². The van der Waals surface area contributed by atoms with Crippen molar-refractivity contribution in [3.63, 3.8) is 0 Å². The molecule has 0 saturated heterocycles. The second-order valence-corrected chi connectivity index (χ2v) is 7.65. The van der Waals surface area contributed by atoms with E-state index in [1.54, 1.807) is 12.1 Å². The molecular weight excluding hydrogens is 480 g/mol. The number of imidazole rings is 1. The number of nitrogens with zero attached hydrogens (tertiary/aromatic N) is 2. The number of nitriles is 1. The summed E-state index contributed by atoms with van der Waals surface area (Å²) < 4.78 is 20.4. The summed E-state index contributed by atoms with van der Waals surface area (Å²) in [5.41, 5.74) is 3.48. The van der Waals surface area contributed by atoms with E-state index in [2.05, 4.69) is 38.6 Å². The normalized spacial score (nSPS) is 11.4. The van der Waals surface area contributed by atoms with Crippen LogP contribution >= 0.6 is 22.6 Å². The van der Waals surface area contributed by atoms with Crippen molar-refractivity contribution in [2.45, 2.75) is 6.61 Å². The second-order valence-electron chi connectivity index (χ2n) is 6.40. The molecule has 0 unspecified atom stereocenters. The van der Waals surface area contributed by atoms with Gasteiger partial charge in [0, 0.05) is 3.57 Å². The van der Waals surface area contributed by atoms with E-state index in [-0.39, 0.29) is 5.82 Å². The third-order valence-electron chi connectivity index (χ3n) is 4.33. The lowest BCUT2D eigenvalue weighted by molar-refractivity contribution is 0.306. The van der Waals surface area contributed by atoms with Gasteiger partial charge in [-0.25, -0.2) is 9.37 Å². The average molecular weight is 495 g/mol. The fourth-order valence-electron chi connectivity index (χ4n) is 2.84. The van der Waals surface area contributed by atoms with Crippen LogP contribution in [0.1, 0.15) is 17.0 Å². The summed E-state index contributed by atoms with van der Waals surface area (Å²) >= 11 is 2.27. The molecule has 0 amide bonds. The minimum atomic E-state index is -0.351. The van der Waals surface area contributed by atoms with Gasteiger partial charge in [-0.2, -0.15) is 5.26 Å². The number of H-pyrrole nitrogens is 1. The summed E-state index contributed by atoms with van der Waals surface area (Å²) in [6.45, 7) is 0.491. The Morgan fingerprint density at radius 2 is 1.86 bits per heavy atom. The van der Waals surface area contributed by atoms with Crippen molar-refractivity contribution in [2.75, 3.05) is 0 Å². The molecule has 1 heterocycles. The van der Waals surface area contributed by atoms with Crippen molar-refractivity contribution in [3.8, 4) is 11.8 Å². The maximum absolute atomic E-state index is 13.4. The molecule has 4 aromatic rings. The van der Waals surface area contributed by atoms with Crippen LogP contribution in [0.4, 0.5) is 4.39 Å². The van der Waals surface area contributed by atoms with Gasteiger partial charge in [-0.3, -0.25) is 0 Å². The maximum Gasteiger partial charge on any atom is 0.149 e. The van der Waals surface area contributed by atoms with E-state index in [0.717, 1.165) is 16.9 Å². The first kappa shape index (κ1) is 19.2. The van der Waals surface area contributed by atoms with Crippen LogP contribution < -0.4 is 4.74 Å². The van der Waals surface area contributed by atoms with Crippen molar-refractivity contribution in [2.24, 2.45) is 0 Å². The van der Waals surface area contributed by atoms with Gasteiger partial charge in [0.05, 0.1) is 16.6 Å². The highest BCUT2D eigenvalue weighted by Gasteiger charge is 2.09. The number of nitrogens with one attached hydrogen (secondary N) is 1. The van der Waals surface area contributed by atoms with E-state index in [1.807, 2.05) is 48.5 Å². The molecule has 0 bridgehead atoms. The summed E-state index contributed by atoms with van der Waals surface area (Å²) in [5, 5.41) is 9.53. The molecule has 0 atom stereocenters. The molecule has 1 N–H and O–H groups in total. The zero-order valence-electron chi connectivity index (χ0n) is 15.2. The number of aromatic amines is 1. The molecule has 1 aromatic heterocycles. The number of allylic oxidation sites excluding steroid dienone is 1. The van der Waals surface area contributed by atoms with Crippen LogP contribution in [0.3, 0.4) is 0 Å². The predicted octanol–water partition coefficient (Wildman–Crippen LogP) is 5.95. The second kappa shape index (κ2) is 8.45. The Morgan fingerprint density at radius 3 is 2.59 bits per heavy atom. The third-order valence-corrected chi connectivity index (χ3v) is 5.05. The number of halogens is 2. The van der Waals surface area contributed by atoms with Gasteiger partial charge in [0.1, 0.15) is 30.1 Å². The molecule has 0 saturated carbocycles. The molecule has 0 fully saturated rings. The van der Waals surface area contributed by atoms with E-state index >= 15 is 0 Å². The molecule has 4 rings (SSSR count). The monoisotopic (exact) mass is 495 g/mol. The Bertz CT molecular complexity index is 1220. The van der Waals surface area contributed by atoms with Crippen LogP contribution in [-0.2, 0) is 6.61 Å². The van der Waals surface area contributed by atoms with Gasteiger partial charge in [-0.1, -0.05) is 24.3 Å². The average Bonchev–Trinajstić information content (AvgIpc) is 3.15. The van der Waals surface area contributed by atoms with Gasteiger partial charge in [0.2, 0.25) is 0 Å². The zero-order valence-corrected chi connectivity index (χ0v) is 17.4. The number of benzene rings is 3. The van der Waals surface area contributed by atoms with Crippen LogP contribution in [0.15, 0.2) is 66.7 Å². The number of aromatic nitrogens is 2. The molecule has 6 heteroatoms. The van der Waals surface area contributed by atoms with Crippen molar-refractivity contribution >= 4 is 45.3 Å². The Balaban J connectivity index is 1.50. The summed E-state index contributed by atoms with van der Waals surface area (Å²) in [6, 6.07) is 22.1. The topological polar surface area (TPSA) is 61.7 Å². The molecule has 0 spiro atoms. The lowest BCUT2D eigenvalue weighted by Crippen LogP contribution is -1.95. The minimum absolute atomic E-state index is 0.351. The van der Waals surface area contributed by atoms with Gasteiger partial charge >= 0.3 is 0 Å². The van der Waals surface area contributed by atoms with Crippen LogP contribution in [0, 0.1) is 20.7 Å². The molecule has 4 nitrogen and oxygen atoms in total. The lowest BCUT2D eigenvalue weighted by atomic mass is 10.1. The smallest absolute Gasteiger partial charge is 0.149 e. The van der Waals surface area contributed by atoms with Crippen molar-refractivity contribution < 1.29 is 9.13 Å². The maximum atomic E-state index is 13.4. The number of rotatable bonds is 5. The first-order valence-corrected chi connectivity index (χ1v) is 9.93. The largest absolute Gasteiger partial charge is 0.489 e. The van der Waals surface area contributed by atoms with E-state index in [4.69, 9.17) is 4.74 Å². The van der Waals surface area contributed by atoms with Gasteiger partial charge < -0.3 is 9.72 Å². The lowest BCUT2D eigenvalue weighted by Gasteiger charge is -2.07. The van der Waals surface area contributed by atoms with Crippen molar-refractivity contribution in [3.05, 3.63) is 93.1 Å². The van der Waals surface area contributed by atoms with E-state index in [0.29, 0.717) is 29.0 Å². The highest BCUT2D eigenvalue weighted by molar-refractivity contribution is 14.1. The summed E-state index contributed by atoms with van der Waals surface area (Å²) in [7, 11) is 0. The fourth-order valence-corrected chi connectivity index (χ4v) is 3.20. The van der Waals surface area contributed by atoms with Crippen LogP contribution in [0.5, 0.6) is 5.75 Å². The van der Waals surface area contributed by atoms with Crippen LogP contribution in [0.2, 0.25) is 0 Å². The van der Waals surface area contributed by atoms with E-state index < -0.39 is 0 Å². The highest BCUT2D eigenvalue weighted by Crippen LogP contribution is 2.21. The summed E-state index contributed by atoms with van der Waals surface area (Å²) in [6.07, 6.45) is 1.73. The molecule has 0 aliphatic heterocycles. The molecule has 3 aromatic carbocycles. The summed E-state index contributed by atoms with van der Waals surface area (Å²) in [4.78, 5) is 7.36. The SMILES string of the molecule is N#C/C(=C/c1ccc(OCc2ccc(I)cc2)cc1)c1nc2ccc(F)cc2[nH]1. The van der Waals surface area contributed by atoms with Gasteiger partial charge in [0.15, 0.2) is 0 Å². The summed E-state index contributed by atoms with van der Waals surface area (Å²) in [5.74, 6) is 0.807. The molecule has 0 radical (unpaired) electrons. The molecule has 0 aliphatic rings. The Morgan fingerprint density at radius 1 is 1.10 bits per heavy atom. The van der Waals surface area contributed by atoms with Crippen LogP contribution in [-0.4, -0.2) is 9.97 Å². The highest BCUT2D eigenvalue weighted by atomic mass is 127. The molecule has 0 aliphatic carbocycles. The predicted molar refractivity (Wildman–Crippen MR) is 119 cm³/mol. The quantitative estimate of drug-likeness (QED) is 0.275. The van der Waals surface area contributed by atoms with Gasteiger partial charge in [0.25, 0.3) is 0 Å². The van der Waals surface area contributed by atoms with E-state index in [1.165, 1.54) is 15.7 Å². The number of fused-ring (bicyclic) bond motifs is 1. The van der Waals surface area contributed by atoms with Gasteiger partial charge in [-0.05, 0) is 82.3 Å². The Labute approximate surface area is 180 Å². The first-order valence-electron chi connectivity index (χ1n) is 8.85. The number of hydrogen-bond acceptors (Lipinski definition) is 3. The third kappa shape index (κ3) is 4.63. The Kier molecular flexibility index (Phi) is 5.58. The minimum Gasteiger partial charge on any atom is -0.489 e. The van der Waals surface area contributed by atoms with Crippen molar-refractivity contribution in [1.29, 1.82) is 5.26 Å². The fraction of sp³-hybridized carbons (Fsp3) is 0.0435. The number of hydrogen-bond donors (Lipinski definition) is 1. The standard InChI is InChI=1S/C23H15FIN3O/c24-18-5-10-21-22(12-18)28-23(27-21)17(13-26)11-15-3-8-20(9-4-15)29-14-16-1-6-19(25)7-2-16/h1-12H,14H2,(H,27,28)/b17-11-. The van der Waals surface area contributed by atoms with Crippen LogP contribution in [0.25, 0.3) is 22.7 Å². The molecule has 29 heavy (non-hydrogen) atoms. The molecule has 142 valence electrons. The first-order chi connectivity index (χ1) is 14.1.